The second-order valence-corrected chi connectivity index (χ2v) is 10.9. The highest BCUT2D eigenvalue weighted by Gasteiger charge is 2.26. The summed E-state index contributed by atoms with van der Waals surface area (Å²) in [5, 5.41) is 4.31. The molecular formula is C30H40FN3O2. The van der Waals surface area contributed by atoms with Gasteiger partial charge in [0.2, 0.25) is 0 Å². The highest BCUT2D eigenvalue weighted by atomic mass is 19.1. The van der Waals surface area contributed by atoms with E-state index in [1.54, 1.807) is 0 Å². The molecule has 1 aliphatic heterocycles. The van der Waals surface area contributed by atoms with Crippen molar-refractivity contribution in [2.75, 3.05) is 38.6 Å². The molecule has 2 heterocycles. The summed E-state index contributed by atoms with van der Waals surface area (Å²) in [6, 6.07) is 13.0. The lowest BCUT2D eigenvalue weighted by atomic mass is 9.83. The van der Waals surface area contributed by atoms with Gasteiger partial charge in [0.25, 0.3) is 5.91 Å². The van der Waals surface area contributed by atoms with Gasteiger partial charge >= 0.3 is 0 Å². The number of amides is 1. The molecule has 6 heteroatoms. The zero-order valence-electron chi connectivity index (χ0n) is 21.5. The van der Waals surface area contributed by atoms with E-state index < -0.39 is 0 Å². The lowest BCUT2D eigenvalue weighted by molar-refractivity contribution is 0.0919. The summed E-state index contributed by atoms with van der Waals surface area (Å²) in [7, 11) is 4.01. The van der Waals surface area contributed by atoms with Crippen LogP contribution in [0.25, 0.3) is 11.0 Å². The summed E-state index contributed by atoms with van der Waals surface area (Å²) in [4.78, 5) is 17.3. The van der Waals surface area contributed by atoms with Crippen molar-refractivity contribution in [3.63, 3.8) is 0 Å². The van der Waals surface area contributed by atoms with Crippen molar-refractivity contribution in [1.82, 2.24) is 10.2 Å². The van der Waals surface area contributed by atoms with Gasteiger partial charge in [-0.25, -0.2) is 4.39 Å². The van der Waals surface area contributed by atoms with Gasteiger partial charge in [-0.1, -0.05) is 0 Å². The fourth-order valence-electron chi connectivity index (χ4n) is 5.95. The van der Waals surface area contributed by atoms with Crippen LogP contribution in [0, 0.1) is 11.7 Å². The van der Waals surface area contributed by atoms with Gasteiger partial charge in [0, 0.05) is 49.8 Å². The van der Waals surface area contributed by atoms with Gasteiger partial charge in [-0.15, -0.1) is 0 Å². The Bertz CT molecular complexity index is 1160. The molecule has 1 aromatic heterocycles. The minimum Gasteiger partial charge on any atom is -0.464 e. The number of benzene rings is 2. The molecule has 0 unspecified atom stereocenters. The molecule has 36 heavy (non-hydrogen) atoms. The number of likely N-dealkylation sites (tertiary alicyclic amines) is 1. The van der Waals surface area contributed by atoms with E-state index in [4.69, 9.17) is 4.42 Å². The monoisotopic (exact) mass is 493 g/mol. The van der Waals surface area contributed by atoms with Crippen LogP contribution < -0.4 is 10.2 Å². The molecule has 0 radical (unpaired) electrons. The minimum atomic E-state index is -0.246. The number of rotatable bonds is 7. The van der Waals surface area contributed by atoms with Crippen LogP contribution in [0.3, 0.4) is 0 Å². The molecule has 0 spiro atoms. The molecule has 0 atom stereocenters. The first kappa shape index (κ1) is 24.8. The Labute approximate surface area is 215 Å². The normalized spacial score (nSPS) is 21.5. The summed E-state index contributed by atoms with van der Waals surface area (Å²) in [5.41, 5.74) is 3.73. The van der Waals surface area contributed by atoms with E-state index in [2.05, 4.69) is 10.2 Å². The third-order valence-electron chi connectivity index (χ3n) is 8.28. The number of piperidine rings is 1. The van der Waals surface area contributed by atoms with Crippen molar-refractivity contribution >= 4 is 22.6 Å². The van der Waals surface area contributed by atoms with Crippen LogP contribution in [0.15, 0.2) is 53.1 Å². The Balaban J connectivity index is 0.00000320. The number of hydrogen-bond acceptors (Lipinski definition) is 4. The van der Waals surface area contributed by atoms with Crippen LogP contribution in [-0.4, -0.2) is 50.6 Å². The average Bonchev–Trinajstić information content (AvgIpc) is 3.31. The average molecular weight is 494 g/mol. The van der Waals surface area contributed by atoms with Crippen molar-refractivity contribution in [3.05, 3.63) is 65.7 Å². The number of hydrogen-bond donors (Lipinski definition) is 1. The third kappa shape index (κ3) is 5.75. The molecule has 5 rings (SSSR count). The Kier molecular flexibility index (Phi) is 7.61. The van der Waals surface area contributed by atoms with E-state index in [9.17, 15) is 9.18 Å². The first-order valence-electron chi connectivity index (χ1n) is 13.4. The smallest absolute Gasteiger partial charge is 0.251 e. The molecule has 2 fully saturated rings. The zero-order chi connectivity index (χ0) is 25.1. The second-order valence-electron chi connectivity index (χ2n) is 10.9. The van der Waals surface area contributed by atoms with Gasteiger partial charge in [-0.05, 0) is 113 Å². The van der Waals surface area contributed by atoms with Gasteiger partial charge < -0.3 is 19.5 Å². The second kappa shape index (κ2) is 11.0. The number of carbonyl (C=O) groups excluding carboxylic acids is 1. The highest BCUT2D eigenvalue weighted by Crippen LogP contribution is 2.35. The number of anilines is 1. The number of furan rings is 1. The van der Waals surface area contributed by atoms with Crippen LogP contribution in [0.4, 0.5) is 10.1 Å². The molecular weight excluding hydrogens is 453 g/mol. The summed E-state index contributed by atoms with van der Waals surface area (Å²) in [6.07, 6.45) is 9.86. The standard InChI is InChI=1S/C30H38FN3O2.H2/c1-33(2)26-10-5-23(6-11-26)30(35)32-25-8-3-21(4-9-25)13-16-34-17-14-22(15-18-34)28-20-36-29-19-24(31)7-12-27(28)29;/h5-7,10-12,19-22,25H,3-4,8-9,13-18H2,1-2H3,(H,32,35);1H. The molecule has 194 valence electrons. The van der Waals surface area contributed by atoms with E-state index in [0.717, 1.165) is 67.9 Å². The Morgan fingerprint density at radius 3 is 2.47 bits per heavy atom. The maximum Gasteiger partial charge on any atom is 0.251 e. The van der Waals surface area contributed by atoms with Gasteiger partial charge in [0.15, 0.2) is 0 Å². The SMILES string of the molecule is CN(C)c1ccc(C(=O)NC2CCC(CCN3CCC(c4coc5cc(F)ccc45)CC3)CC2)cc1.[HH]. The first-order chi connectivity index (χ1) is 17.5. The number of nitrogens with zero attached hydrogens (tertiary/aromatic N) is 2. The fraction of sp³-hybridized carbons (Fsp3) is 0.500. The summed E-state index contributed by atoms with van der Waals surface area (Å²) in [5.74, 6) is 1.04. The van der Waals surface area contributed by atoms with Crippen molar-refractivity contribution < 1.29 is 15.0 Å². The molecule has 2 aromatic carbocycles. The van der Waals surface area contributed by atoms with Crippen LogP contribution in [0.1, 0.15) is 68.2 Å². The van der Waals surface area contributed by atoms with E-state index in [-0.39, 0.29) is 19.2 Å². The maximum atomic E-state index is 13.5. The molecule has 1 saturated heterocycles. The molecule has 1 aliphatic carbocycles. The van der Waals surface area contributed by atoms with Gasteiger partial charge in [0.05, 0.1) is 6.26 Å². The predicted molar refractivity (Wildman–Crippen MR) is 145 cm³/mol. The van der Waals surface area contributed by atoms with Crippen molar-refractivity contribution in [2.24, 2.45) is 5.92 Å². The summed E-state index contributed by atoms with van der Waals surface area (Å²) < 4.78 is 19.1. The largest absolute Gasteiger partial charge is 0.464 e. The molecule has 1 saturated carbocycles. The maximum absolute atomic E-state index is 13.5. The van der Waals surface area contributed by atoms with Crippen LogP contribution in [0.5, 0.6) is 0 Å². The molecule has 1 amide bonds. The minimum absolute atomic E-state index is 0. The molecule has 0 bridgehead atoms. The lowest BCUT2D eigenvalue weighted by Crippen LogP contribution is -2.38. The van der Waals surface area contributed by atoms with Crippen molar-refractivity contribution in [2.45, 2.75) is 56.9 Å². The fourth-order valence-corrected chi connectivity index (χ4v) is 5.95. The van der Waals surface area contributed by atoms with E-state index >= 15 is 0 Å². The van der Waals surface area contributed by atoms with E-state index in [1.807, 2.05) is 55.6 Å². The van der Waals surface area contributed by atoms with Gasteiger partial charge in [-0.3, -0.25) is 4.79 Å². The lowest BCUT2D eigenvalue weighted by Gasteiger charge is -2.34. The predicted octanol–water partition coefficient (Wildman–Crippen LogP) is 6.44. The van der Waals surface area contributed by atoms with Gasteiger partial charge in [-0.2, -0.15) is 0 Å². The van der Waals surface area contributed by atoms with Crippen molar-refractivity contribution in [3.8, 4) is 0 Å². The van der Waals surface area contributed by atoms with Crippen LogP contribution in [-0.2, 0) is 0 Å². The Hall–Kier alpha value is -2.86. The summed E-state index contributed by atoms with van der Waals surface area (Å²) >= 11 is 0. The number of carbonyl (C=O) groups is 1. The molecule has 1 N–H and O–H groups in total. The Morgan fingerprint density at radius 2 is 1.78 bits per heavy atom. The quantitative estimate of drug-likeness (QED) is 0.411. The van der Waals surface area contributed by atoms with Crippen molar-refractivity contribution in [1.29, 1.82) is 0 Å². The highest BCUT2D eigenvalue weighted by molar-refractivity contribution is 5.94. The number of fused-ring (bicyclic) bond motifs is 1. The third-order valence-corrected chi connectivity index (χ3v) is 8.28. The van der Waals surface area contributed by atoms with Gasteiger partial charge in [0.1, 0.15) is 11.4 Å². The first-order valence-corrected chi connectivity index (χ1v) is 13.4. The zero-order valence-corrected chi connectivity index (χ0v) is 21.5. The Morgan fingerprint density at radius 1 is 1.06 bits per heavy atom. The van der Waals surface area contributed by atoms with Crippen LogP contribution >= 0.6 is 0 Å². The summed E-state index contributed by atoms with van der Waals surface area (Å²) in [6.45, 7) is 3.37. The topological polar surface area (TPSA) is 48.7 Å². The number of halogens is 1. The van der Waals surface area contributed by atoms with Crippen LogP contribution in [0.2, 0.25) is 0 Å². The molecule has 2 aliphatic rings. The molecule has 3 aromatic rings. The number of nitrogens with one attached hydrogen (secondary N) is 1. The van der Waals surface area contributed by atoms with E-state index in [0.29, 0.717) is 11.5 Å². The molecule has 5 nitrogen and oxygen atoms in total. The van der Waals surface area contributed by atoms with E-state index in [1.165, 1.54) is 37.0 Å².